The summed E-state index contributed by atoms with van der Waals surface area (Å²) in [6.07, 6.45) is 4.73. The maximum atomic E-state index is 12.4. The number of thiazole rings is 1. The molecule has 3 aromatic rings. The second kappa shape index (κ2) is 8.62. The Balaban J connectivity index is 1.46. The summed E-state index contributed by atoms with van der Waals surface area (Å²) >= 11 is 1.32. The number of esters is 1. The van der Waals surface area contributed by atoms with Gasteiger partial charge in [0.15, 0.2) is 22.0 Å². The third kappa shape index (κ3) is 4.25. The van der Waals surface area contributed by atoms with Crippen LogP contribution in [-0.4, -0.2) is 80.5 Å². The molecule has 29 heavy (non-hydrogen) atoms. The Morgan fingerprint density at radius 3 is 2.66 bits per heavy atom. The number of anilines is 1. The standard InChI is InChI=1S/C18H21N7O3S/c1-2-28-14(27)10-23-4-6-24(7-5-23)16-15-17(21-11-20-16)25(12-22-15)9-13(26)18-19-3-8-29-18/h3,8,11-12H,2,4-7,9-10H2,1H3. The predicted octanol–water partition coefficient (Wildman–Crippen LogP) is 0.851. The second-order valence-corrected chi connectivity index (χ2v) is 7.47. The van der Waals surface area contributed by atoms with Crippen LogP contribution in [0.2, 0.25) is 0 Å². The number of aromatic nitrogens is 5. The molecule has 0 saturated carbocycles. The van der Waals surface area contributed by atoms with E-state index in [1.165, 1.54) is 17.7 Å². The normalized spacial score (nSPS) is 15.0. The van der Waals surface area contributed by atoms with Crippen LogP contribution in [0.4, 0.5) is 5.82 Å². The number of ketones is 1. The highest BCUT2D eigenvalue weighted by Crippen LogP contribution is 2.23. The number of imidazole rings is 1. The Morgan fingerprint density at radius 2 is 1.93 bits per heavy atom. The van der Waals surface area contributed by atoms with Crippen LogP contribution in [0, 0.1) is 0 Å². The fourth-order valence-electron chi connectivity index (χ4n) is 3.31. The van der Waals surface area contributed by atoms with Crippen molar-refractivity contribution >= 4 is 40.1 Å². The summed E-state index contributed by atoms with van der Waals surface area (Å²) in [5.74, 6) is 0.465. The van der Waals surface area contributed by atoms with E-state index >= 15 is 0 Å². The van der Waals surface area contributed by atoms with Crippen molar-refractivity contribution in [3.8, 4) is 0 Å². The van der Waals surface area contributed by atoms with Crippen LogP contribution >= 0.6 is 11.3 Å². The van der Waals surface area contributed by atoms with Gasteiger partial charge in [-0.1, -0.05) is 0 Å². The quantitative estimate of drug-likeness (QED) is 0.410. The van der Waals surface area contributed by atoms with Gasteiger partial charge in [0.1, 0.15) is 6.33 Å². The summed E-state index contributed by atoms with van der Waals surface area (Å²) in [6, 6.07) is 0. The van der Waals surface area contributed by atoms with E-state index in [4.69, 9.17) is 4.74 Å². The van der Waals surface area contributed by atoms with Gasteiger partial charge in [-0.15, -0.1) is 11.3 Å². The highest BCUT2D eigenvalue weighted by molar-refractivity contribution is 7.11. The molecule has 0 atom stereocenters. The Morgan fingerprint density at radius 1 is 1.10 bits per heavy atom. The van der Waals surface area contributed by atoms with E-state index < -0.39 is 0 Å². The summed E-state index contributed by atoms with van der Waals surface area (Å²) in [5.41, 5.74) is 1.28. The molecule has 11 heteroatoms. The number of piperazine rings is 1. The van der Waals surface area contributed by atoms with E-state index in [0.29, 0.717) is 29.3 Å². The van der Waals surface area contributed by atoms with E-state index in [-0.39, 0.29) is 18.3 Å². The van der Waals surface area contributed by atoms with Gasteiger partial charge in [-0.2, -0.15) is 0 Å². The van der Waals surface area contributed by atoms with Crippen molar-refractivity contribution < 1.29 is 14.3 Å². The average Bonchev–Trinajstić information content (AvgIpc) is 3.39. The van der Waals surface area contributed by atoms with Crippen LogP contribution in [0.3, 0.4) is 0 Å². The maximum Gasteiger partial charge on any atom is 0.320 e. The molecular weight excluding hydrogens is 394 g/mol. The minimum Gasteiger partial charge on any atom is -0.465 e. The van der Waals surface area contributed by atoms with E-state index in [1.54, 1.807) is 29.4 Å². The smallest absolute Gasteiger partial charge is 0.320 e. The molecule has 0 radical (unpaired) electrons. The van der Waals surface area contributed by atoms with Crippen LogP contribution in [0.15, 0.2) is 24.2 Å². The number of hydrogen-bond donors (Lipinski definition) is 0. The minimum atomic E-state index is -0.200. The van der Waals surface area contributed by atoms with Gasteiger partial charge in [0.05, 0.1) is 26.0 Å². The van der Waals surface area contributed by atoms with Crippen LogP contribution in [0.25, 0.3) is 11.2 Å². The molecule has 1 fully saturated rings. The van der Waals surface area contributed by atoms with Crippen molar-refractivity contribution in [1.29, 1.82) is 0 Å². The minimum absolute atomic E-state index is 0.0768. The van der Waals surface area contributed by atoms with Gasteiger partial charge < -0.3 is 14.2 Å². The second-order valence-electron chi connectivity index (χ2n) is 6.57. The van der Waals surface area contributed by atoms with E-state index in [2.05, 4.69) is 29.7 Å². The van der Waals surface area contributed by atoms with Gasteiger partial charge >= 0.3 is 5.97 Å². The molecule has 4 rings (SSSR count). The molecule has 0 spiro atoms. The first-order chi connectivity index (χ1) is 14.2. The van der Waals surface area contributed by atoms with E-state index in [1.807, 2.05) is 0 Å². The van der Waals surface area contributed by atoms with Crippen LogP contribution in [0.5, 0.6) is 0 Å². The van der Waals surface area contributed by atoms with Crippen molar-refractivity contribution in [3.05, 3.63) is 29.2 Å². The highest BCUT2D eigenvalue weighted by Gasteiger charge is 2.23. The lowest BCUT2D eigenvalue weighted by Crippen LogP contribution is -2.48. The van der Waals surface area contributed by atoms with Crippen LogP contribution < -0.4 is 4.90 Å². The molecule has 0 unspecified atom stereocenters. The molecule has 3 aromatic heterocycles. The van der Waals surface area contributed by atoms with E-state index in [0.717, 1.165) is 32.0 Å². The molecule has 4 heterocycles. The van der Waals surface area contributed by atoms with Crippen molar-refractivity contribution in [2.45, 2.75) is 13.5 Å². The van der Waals surface area contributed by atoms with Gasteiger partial charge in [-0.25, -0.2) is 19.9 Å². The Bertz CT molecular complexity index is 996. The number of carbonyl (C=O) groups is 2. The lowest BCUT2D eigenvalue weighted by atomic mass is 10.3. The SMILES string of the molecule is CCOC(=O)CN1CCN(c2ncnc3c2ncn3CC(=O)c2nccs2)CC1. The van der Waals surface area contributed by atoms with Crippen molar-refractivity contribution in [1.82, 2.24) is 29.4 Å². The van der Waals surface area contributed by atoms with Crippen LogP contribution in [-0.2, 0) is 16.1 Å². The fraction of sp³-hybridized carbons (Fsp3) is 0.444. The molecule has 1 aliphatic heterocycles. The lowest BCUT2D eigenvalue weighted by molar-refractivity contribution is -0.144. The van der Waals surface area contributed by atoms with E-state index in [9.17, 15) is 9.59 Å². The lowest BCUT2D eigenvalue weighted by Gasteiger charge is -2.34. The molecule has 0 aliphatic carbocycles. The fourth-order valence-corrected chi connectivity index (χ4v) is 3.87. The van der Waals surface area contributed by atoms with Crippen molar-refractivity contribution in [2.75, 3.05) is 44.2 Å². The molecule has 1 aliphatic rings. The Labute approximate surface area is 171 Å². The number of carbonyl (C=O) groups excluding carboxylic acids is 2. The third-order valence-corrected chi connectivity index (χ3v) is 5.51. The molecule has 152 valence electrons. The van der Waals surface area contributed by atoms with Gasteiger partial charge in [0, 0.05) is 37.8 Å². The first-order valence-corrected chi connectivity index (χ1v) is 10.2. The molecule has 0 amide bonds. The zero-order chi connectivity index (χ0) is 20.2. The summed E-state index contributed by atoms with van der Waals surface area (Å²) in [4.78, 5) is 45.5. The Kier molecular flexibility index (Phi) is 5.76. The molecule has 0 aromatic carbocycles. The number of fused-ring (bicyclic) bond motifs is 1. The topological polar surface area (TPSA) is 106 Å². The number of rotatable bonds is 7. The summed E-state index contributed by atoms with van der Waals surface area (Å²) in [7, 11) is 0. The zero-order valence-electron chi connectivity index (χ0n) is 16.0. The maximum absolute atomic E-state index is 12.4. The third-order valence-electron chi connectivity index (χ3n) is 4.70. The molecule has 10 nitrogen and oxygen atoms in total. The largest absolute Gasteiger partial charge is 0.465 e. The first kappa shape index (κ1) is 19.4. The zero-order valence-corrected chi connectivity index (χ0v) is 16.8. The molecule has 0 bridgehead atoms. The monoisotopic (exact) mass is 415 g/mol. The van der Waals surface area contributed by atoms with Crippen molar-refractivity contribution in [2.24, 2.45) is 0 Å². The molecular formula is C18H21N7O3S. The summed E-state index contributed by atoms with van der Waals surface area (Å²) in [5, 5.41) is 2.25. The number of nitrogens with zero attached hydrogens (tertiary/aromatic N) is 7. The van der Waals surface area contributed by atoms with Gasteiger partial charge in [0.25, 0.3) is 0 Å². The predicted molar refractivity (Wildman–Crippen MR) is 107 cm³/mol. The van der Waals surface area contributed by atoms with Gasteiger partial charge in [-0.3, -0.25) is 14.5 Å². The Hall–Kier alpha value is -2.92. The average molecular weight is 415 g/mol. The number of hydrogen-bond acceptors (Lipinski definition) is 10. The summed E-state index contributed by atoms with van der Waals surface area (Å²) < 4.78 is 6.74. The summed E-state index contributed by atoms with van der Waals surface area (Å²) in [6.45, 7) is 5.53. The first-order valence-electron chi connectivity index (χ1n) is 9.37. The molecule has 1 saturated heterocycles. The van der Waals surface area contributed by atoms with Gasteiger partial charge in [0.2, 0.25) is 5.78 Å². The molecule has 0 N–H and O–H groups in total. The van der Waals surface area contributed by atoms with Gasteiger partial charge in [-0.05, 0) is 6.92 Å². The number of ether oxygens (including phenoxy) is 1. The van der Waals surface area contributed by atoms with Crippen molar-refractivity contribution in [3.63, 3.8) is 0 Å². The highest BCUT2D eigenvalue weighted by atomic mass is 32.1. The van der Waals surface area contributed by atoms with Crippen LogP contribution in [0.1, 0.15) is 16.7 Å². The number of Topliss-reactive ketones (excluding diaryl/α,β-unsaturated/α-hetero) is 1.